The highest BCUT2D eigenvalue weighted by atomic mass is 35.5. The molecule has 2 aliphatic rings. The fourth-order valence-corrected chi connectivity index (χ4v) is 2.79. The van der Waals surface area contributed by atoms with Gasteiger partial charge in [0.1, 0.15) is 12.4 Å². The standard InChI is InChI=1S/C15H14ClN3O2/c16-11-2-3-12-9(7-11)6-10(8-20-12)13-18-14(19-21-13)15(17)4-1-5-15/h2-3,6-7H,1,4-5,8,17H2. The largest absolute Gasteiger partial charge is 0.488 e. The molecule has 1 saturated carbocycles. The van der Waals surface area contributed by atoms with Crippen LogP contribution in [0.3, 0.4) is 0 Å². The Labute approximate surface area is 126 Å². The summed E-state index contributed by atoms with van der Waals surface area (Å²) in [5, 5.41) is 4.69. The van der Waals surface area contributed by atoms with Crippen LogP contribution in [0, 0.1) is 0 Å². The summed E-state index contributed by atoms with van der Waals surface area (Å²) in [7, 11) is 0. The molecular formula is C15H14ClN3O2. The van der Waals surface area contributed by atoms with Crippen molar-refractivity contribution in [2.45, 2.75) is 24.8 Å². The van der Waals surface area contributed by atoms with E-state index in [1.54, 1.807) is 6.07 Å². The lowest BCUT2D eigenvalue weighted by Gasteiger charge is -2.34. The third-order valence-electron chi connectivity index (χ3n) is 4.08. The van der Waals surface area contributed by atoms with Crippen molar-refractivity contribution >= 4 is 23.3 Å². The maximum atomic E-state index is 6.21. The van der Waals surface area contributed by atoms with Gasteiger partial charge in [0.05, 0.1) is 11.1 Å². The monoisotopic (exact) mass is 303 g/mol. The second-order valence-electron chi connectivity index (χ2n) is 5.57. The number of nitrogens with two attached hydrogens (primary N) is 1. The molecule has 1 aliphatic carbocycles. The van der Waals surface area contributed by atoms with Crippen LogP contribution in [0.25, 0.3) is 11.6 Å². The number of nitrogens with zero attached hydrogens (tertiary/aromatic N) is 2. The van der Waals surface area contributed by atoms with Crippen molar-refractivity contribution in [3.63, 3.8) is 0 Å². The molecule has 6 heteroatoms. The Morgan fingerprint density at radius 3 is 2.90 bits per heavy atom. The quantitative estimate of drug-likeness (QED) is 0.923. The van der Waals surface area contributed by atoms with Crippen LogP contribution in [0.2, 0.25) is 5.02 Å². The first-order chi connectivity index (χ1) is 10.1. The highest BCUT2D eigenvalue weighted by Crippen LogP contribution is 2.38. The van der Waals surface area contributed by atoms with Gasteiger partial charge in [0, 0.05) is 10.6 Å². The minimum atomic E-state index is -0.418. The maximum absolute atomic E-state index is 6.21. The number of ether oxygens (including phenoxy) is 1. The lowest BCUT2D eigenvalue weighted by molar-refractivity contribution is 0.229. The van der Waals surface area contributed by atoms with Gasteiger partial charge >= 0.3 is 0 Å². The van der Waals surface area contributed by atoms with Gasteiger partial charge < -0.3 is 15.0 Å². The molecule has 0 bridgehead atoms. The summed E-state index contributed by atoms with van der Waals surface area (Å²) in [4.78, 5) is 4.44. The number of aromatic nitrogens is 2. The van der Waals surface area contributed by atoms with Crippen LogP contribution >= 0.6 is 11.6 Å². The summed E-state index contributed by atoms with van der Waals surface area (Å²) < 4.78 is 11.0. The second kappa shape index (κ2) is 4.58. The number of hydrogen-bond donors (Lipinski definition) is 1. The van der Waals surface area contributed by atoms with Crippen LogP contribution in [0.15, 0.2) is 22.7 Å². The molecule has 0 atom stereocenters. The third kappa shape index (κ3) is 2.13. The molecule has 1 fully saturated rings. The Kier molecular flexibility index (Phi) is 2.80. The minimum Gasteiger partial charge on any atom is -0.488 e. The molecule has 0 saturated heterocycles. The molecule has 1 aromatic carbocycles. The van der Waals surface area contributed by atoms with E-state index in [4.69, 9.17) is 26.6 Å². The lowest BCUT2D eigenvalue weighted by Crippen LogP contribution is -2.44. The average molecular weight is 304 g/mol. The van der Waals surface area contributed by atoms with Crippen LogP contribution in [-0.2, 0) is 5.54 Å². The molecule has 0 unspecified atom stereocenters. The van der Waals surface area contributed by atoms with Gasteiger partial charge in [-0.3, -0.25) is 0 Å². The molecule has 0 radical (unpaired) electrons. The second-order valence-corrected chi connectivity index (χ2v) is 6.01. The first kappa shape index (κ1) is 12.9. The third-order valence-corrected chi connectivity index (χ3v) is 4.31. The van der Waals surface area contributed by atoms with Crippen molar-refractivity contribution in [2.75, 3.05) is 6.61 Å². The molecule has 108 valence electrons. The SMILES string of the molecule is NC1(c2noc(C3=Cc4cc(Cl)ccc4OC3)n2)CCC1. The van der Waals surface area contributed by atoms with Gasteiger partial charge in [-0.15, -0.1) is 0 Å². The van der Waals surface area contributed by atoms with Gasteiger partial charge in [0.15, 0.2) is 5.82 Å². The normalized spacial score (nSPS) is 19.2. The summed E-state index contributed by atoms with van der Waals surface area (Å²) >= 11 is 6.01. The van der Waals surface area contributed by atoms with E-state index >= 15 is 0 Å². The van der Waals surface area contributed by atoms with Crippen molar-refractivity contribution in [1.29, 1.82) is 0 Å². The first-order valence-electron chi connectivity index (χ1n) is 6.90. The van der Waals surface area contributed by atoms with Crippen LogP contribution in [0.4, 0.5) is 0 Å². The Hall–Kier alpha value is -1.85. The highest BCUT2D eigenvalue weighted by molar-refractivity contribution is 6.30. The van der Waals surface area contributed by atoms with Gasteiger partial charge in [-0.25, -0.2) is 0 Å². The van der Waals surface area contributed by atoms with Gasteiger partial charge in [-0.1, -0.05) is 16.8 Å². The van der Waals surface area contributed by atoms with E-state index in [0.29, 0.717) is 23.3 Å². The molecule has 2 heterocycles. The van der Waals surface area contributed by atoms with E-state index in [0.717, 1.165) is 36.1 Å². The predicted molar refractivity (Wildman–Crippen MR) is 78.8 cm³/mol. The summed E-state index contributed by atoms with van der Waals surface area (Å²) in [5.41, 5.74) is 7.54. The van der Waals surface area contributed by atoms with Gasteiger partial charge in [-0.2, -0.15) is 4.98 Å². The number of fused-ring (bicyclic) bond motifs is 1. The van der Waals surface area contributed by atoms with Gasteiger partial charge in [-0.05, 0) is 43.5 Å². The smallest absolute Gasteiger partial charge is 0.257 e. The van der Waals surface area contributed by atoms with E-state index in [1.807, 2.05) is 18.2 Å². The zero-order valence-electron chi connectivity index (χ0n) is 11.3. The molecule has 1 aromatic heterocycles. The van der Waals surface area contributed by atoms with E-state index in [9.17, 15) is 0 Å². The number of benzene rings is 1. The summed E-state index contributed by atoms with van der Waals surface area (Å²) in [6.07, 6.45) is 4.88. The molecule has 4 rings (SSSR count). The first-order valence-corrected chi connectivity index (χ1v) is 7.28. The number of halogens is 1. The van der Waals surface area contributed by atoms with E-state index in [-0.39, 0.29) is 0 Å². The van der Waals surface area contributed by atoms with Crippen molar-refractivity contribution < 1.29 is 9.26 Å². The minimum absolute atomic E-state index is 0.397. The van der Waals surface area contributed by atoms with Crippen LogP contribution in [0.1, 0.15) is 36.5 Å². The summed E-state index contributed by atoms with van der Waals surface area (Å²) in [6, 6.07) is 5.51. The Morgan fingerprint density at radius 1 is 1.29 bits per heavy atom. The number of hydrogen-bond acceptors (Lipinski definition) is 5. The molecule has 2 N–H and O–H groups in total. The van der Waals surface area contributed by atoms with E-state index in [1.165, 1.54) is 0 Å². The van der Waals surface area contributed by atoms with Crippen LogP contribution in [-0.4, -0.2) is 16.7 Å². The van der Waals surface area contributed by atoms with E-state index < -0.39 is 5.54 Å². The van der Waals surface area contributed by atoms with Crippen LogP contribution in [0.5, 0.6) is 5.75 Å². The molecule has 2 aromatic rings. The highest BCUT2D eigenvalue weighted by Gasteiger charge is 2.39. The van der Waals surface area contributed by atoms with Crippen molar-refractivity contribution in [3.05, 3.63) is 40.5 Å². The molecule has 1 aliphatic heterocycles. The van der Waals surface area contributed by atoms with Gasteiger partial charge in [0.25, 0.3) is 5.89 Å². The predicted octanol–water partition coefficient (Wildman–Crippen LogP) is 2.99. The van der Waals surface area contributed by atoms with E-state index in [2.05, 4.69) is 10.1 Å². The fraction of sp³-hybridized carbons (Fsp3) is 0.333. The van der Waals surface area contributed by atoms with Crippen molar-refractivity contribution in [3.8, 4) is 5.75 Å². The fourth-order valence-electron chi connectivity index (χ4n) is 2.61. The van der Waals surface area contributed by atoms with Crippen molar-refractivity contribution in [1.82, 2.24) is 10.1 Å². The zero-order chi connectivity index (χ0) is 14.4. The molecule has 5 nitrogen and oxygen atoms in total. The Morgan fingerprint density at radius 2 is 2.14 bits per heavy atom. The number of rotatable bonds is 2. The topological polar surface area (TPSA) is 74.2 Å². The maximum Gasteiger partial charge on any atom is 0.257 e. The van der Waals surface area contributed by atoms with Crippen LogP contribution < -0.4 is 10.5 Å². The zero-order valence-corrected chi connectivity index (χ0v) is 12.1. The molecular weight excluding hydrogens is 290 g/mol. The average Bonchev–Trinajstić information content (AvgIpc) is 2.94. The Bertz CT molecular complexity index is 734. The lowest BCUT2D eigenvalue weighted by atomic mass is 9.77. The molecule has 0 amide bonds. The Balaban J connectivity index is 1.68. The molecule has 21 heavy (non-hydrogen) atoms. The summed E-state index contributed by atoms with van der Waals surface area (Å²) in [5.74, 6) is 1.85. The summed E-state index contributed by atoms with van der Waals surface area (Å²) in [6.45, 7) is 0.397. The van der Waals surface area contributed by atoms with Gasteiger partial charge in [0.2, 0.25) is 0 Å². The van der Waals surface area contributed by atoms with Crippen molar-refractivity contribution in [2.24, 2.45) is 5.73 Å². The molecule has 0 spiro atoms.